The fourth-order valence-corrected chi connectivity index (χ4v) is 2.87. The largest absolute Gasteiger partial charge is 0.321 e. The number of benzene rings is 2. The lowest BCUT2D eigenvalue weighted by atomic mass is 10.1. The number of nitrogens with zero attached hydrogens (tertiary/aromatic N) is 2. The molecule has 0 amide bonds. The van der Waals surface area contributed by atoms with Crippen molar-refractivity contribution in [2.75, 3.05) is 5.88 Å². The highest BCUT2D eigenvalue weighted by Gasteiger charge is 2.18. The summed E-state index contributed by atoms with van der Waals surface area (Å²) >= 11 is 5.88. The minimum Gasteiger partial charge on any atom is -0.321 e. The van der Waals surface area contributed by atoms with E-state index in [1.54, 1.807) is 6.07 Å². The Morgan fingerprint density at radius 2 is 1.90 bits per heavy atom. The molecule has 2 aromatic carbocycles. The minimum absolute atomic E-state index is 0.0798. The second-order valence-electron chi connectivity index (χ2n) is 5.03. The summed E-state index contributed by atoms with van der Waals surface area (Å²) in [4.78, 5) is 4.45. The van der Waals surface area contributed by atoms with E-state index in [0.29, 0.717) is 17.8 Å². The predicted octanol–water partition coefficient (Wildman–Crippen LogP) is 4.57. The van der Waals surface area contributed by atoms with Gasteiger partial charge in [0.15, 0.2) is 5.82 Å². The maximum atomic E-state index is 14.0. The summed E-state index contributed by atoms with van der Waals surface area (Å²) in [6, 6.07) is 15.3. The zero-order valence-electron chi connectivity index (χ0n) is 11.8. The van der Waals surface area contributed by atoms with Crippen LogP contribution in [0.15, 0.2) is 48.5 Å². The van der Waals surface area contributed by atoms with Crippen LogP contribution in [0.4, 0.5) is 4.39 Å². The van der Waals surface area contributed by atoms with Crippen LogP contribution in [0.2, 0.25) is 0 Å². The summed E-state index contributed by atoms with van der Waals surface area (Å²) in [6.07, 6.45) is 0.618. The minimum atomic E-state index is -0.290. The van der Waals surface area contributed by atoms with Crippen LogP contribution in [0.1, 0.15) is 24.4 Å². The van der Waals surface area contributed by atoms with Gasteiger partial charge in [-0.1, -0.05) is 36.4 Å². The van der Waals surface area contributed by atoms with Gasteiger partial charge in [-0.05, 0) is 24.6 Å². The molecule has 1 atom stereocenters. The monoisotopic (exact) mass is 302 g/mol. The van der Waals surface area contributed by atoms with Crippen LogP contribution in [-0.4, -0.2) is 15.4 Å². The highest BCUT2D eigenvalue weighted by Crippen LogP contribution is 2.27. The molecule has 0 aliphatic heterocycles. The molecule has 1 aromatic heterocycles. The van der Waals surface area contributed by atoms with E-state index in [2.05, 4.69) is 28.6 Å². The number of aromatic nitrogens is 2. The number of fused-ring (bicyclic) bond motifs is 1. The molecule has 0 spiro atoms. The molecule has 3 aromatic rings. The van der Waals surface area contributed by atoms with Crippen molar-refractivity contribution >= 4 is 22.6 Å². The summed E-state index contributed by atoms with van der Waals surface area (Å²) in [6.45, 7) is 2.10. The van der Waals surface area contributed by atoms with Crippen LogP contribution in [-0.2, 0) is 6.42 Å². The standard InChI is InChI=1S/C17H16ClFN2/c1-12(13-6-3-2-4-7-13)21-15-9-5-8-14(19)17(15)20-16(21)10-11-18/h2-9,12H,10-11H2,1H3. The molecule has 21 heavy (non-hydrogen) atoms. The molecule has 3 rings (SSSR count). The summed E-state index contributed by atoms with van der Waals surface area (Å²) in [7, 11) is 0. The summed E-state index contributed by atoms with van der Waals surface area (Å²) in [5.41, 5.74) is 2.39. The maximum Gasteiger partial charge on any atom is 0.151 e. The van der Waals surface area contributed by atoms with Gasteiger partial charge in [-0.25, -0.2) is 9.37 Å². The summed E-state index contributed by atoms with van der Waals surface area (Å²) in [5.74, 6) is 0.996. The smallest absolute Gasteiger partial charge is 0.151 e. The third-order valence-electron chi connectivity index (χ3n) is 3.73. The van der Waals surface area contributed by atoms with Gasteiger partial charge in [0.05, 0.1) is 11.6 Å². The number of hydrogen-bond donors (Lipinski definition) is 0. The lowest BCUT2D eigenvalue weighted by Crippen LogP contribution is -2.11. The van der Waals surface area contributed by atoms with Gasteiger partial charge in [-0.2, -0.15) is 0 Å². The van der Waals surface area contributed by atoms with Crippen LogP contribution in [0.25, 0.3) is 11.0 Å². The van der Waals surface area contributed by atoms with E-state index >= 15 is 0 Å². The molecule has 1 heterocycles. The molecule has 0 saturated carbocycles. The Kier molecular flexibility index (Phi) is 3.93. The molecule has 0 fully saturated rings. The van der Waals surface area contributed by atoms with Crippen LogP contribution in [0.3, 0.4) is 0 Å². The molecule has 2 nitrogen and oxygen atoms in total. The van der Waals surface area contributed by atoms with Crippen molar-refractivity contribution in [3.63, 3.8) is 0 Å². The van der Waals surface area contributed by atoms with Crippen molar-refractivity contribution in [2.45, 2.75) is 19.4 Å². The first kappa shape index (κ1) is 14.1. The van der Waals surface area contributed by atoms with Gasteiger partial charge >= 0.3 is 0 Å². The molecule has 108 valence electrons. The van der Waals surface area contributed by atoms with Crippen LogP contribution < -0.4 is 0 Å². The Hall–Kier alpha value is -1.87. The second-order valence-corrected chi connectivity index (χ2v) is 5.41. The quantitative estimate of drug-likeness (QED) is 0.646. The molecule has 1 unspecified atom stereocenters. The van der Waals surface area contributed by atoms with Gasteiger partial charge in [0.2, 0.25) is 0 Å². The average molecular weight is 303 g/mol. The van der Waals surface area contributed by atoms with E-state index in [9.17, 15) is 4.39 Å². The van der Waals surface area contributed by atoms with E-state index in [4.69, 9.17) is 11.6 Å². The first-order valence-electron chi connectivity index (χ1n) is 6.98. The molecule has 4 heteroatoms. The van der Waals surface area contributed by atoms with Gasteiger partial charge < -0.3 is 4.57 Å². The first-order valence-corrected chi connectivity index (χ1v) is 7.52. The van der Waals surface area contributed by atoms with Crippen LogP contribution in [0.5, 0.6) is 0 Å². The highest BCUT2D eigenvalue weighted by atomic mass is 35.5. The van der Waals surface area contributed by atoms with Crippen LogP contribution in [0, 0.1) is 5.82 Å². The summed E-state index contributed by atoms with van der Waals surface area (Å²) in [5, 5.41) is 0. The van der Waals surface area contributed by atoms with Gasteiger partial charge in [0, 0.05) is 12.3 Å². The first-order chi connectivity index (χ1) is 10.2. The molecule has 0 aliphatic carbocycles. The topological polar surface area (TPSA) is 17.8 Å². The van der Waals surface area contributed by atoms with E-state index in [-0.39, 0.29) is 11.9 Å². The van der Waals surface area contributed by atoms with E-state index in [1.807, 2.05) is 24.3 Å². The Bertz CT molecular complexity index is 752. The molecule has 0 aliphatic rings. The van der Waals surface area contributed by atoms with Crippen LogP contribution >= 0.6 is 11.6 Å². The maximum absolute atomic E-state index is 14.0. The molecule has 0 N–H and O–H groups in total. The van der Waals surface area contributed by atoms with Crippen molar-refractivity contribution in [3.05, 3.63) is 65.7 Å². The van der Waals surface area contributed by atoms with Gasteiger partial charge in [-0.3, -0.25) is 0 Å². The highest BCUT2D eigenvalue weighted by molar-refractivity contribution is 6.17. The Balaban J connectivity index is 2.20. The van der Waals surface area contributed by atoms with Crippen molar-refractivity contribution in [1.82, 2.24) is 9.55 Å². The summed E-state index contributed by atoms with van der Waals surface area (Å²) < 4.78 is 16.1. The number of aryl methyl sites for hydroxylation is 1. The zero-order chi connectivity index (χ0) is 14.8. The fraction of sp³-hybridized carbons (Fsp3) is 0.235. The SMILES string of the molecule is CC(c1ccccc1)n1c(CCCl)nc2c(F)cccc21. The van der Waals surface area contributed by atoms with Crippen molar-refractivity contribution in [2.24, 2.45) is 0 Å². The number of alkyl halides is 1. The number of imidazole rings is 1. The molecule has 0 saturated heterocycles. The van der Waals surface area contributed by atoms with Crippen molar-refractivity contribution in [1.29, 1.82) is 0 Å². The molecular formula is C17H16ClFN2. The molecule has 0 bridgehead atoms. The predicted molar refractivity (Wildman–Crippen MR) is 84.4 cm³/mol. The van der Waals surface area contributed by atoms with Crippen molar-refractivity contribution < 1.29 is 4.39 Å². The molecular weight excluding hydrogens is 287 g/mol. The zero-order valence-corrected chi connectivity index (χ0v) is 12.5. The Morgan fingerprint density at radius 3 is 2.62 bits per heavy atom. The number of hydrogen-bond acceptors (Lipinski definition) is 1. The Morgan fingerprint density at radius 1 is 1.14 bits per heavy atom. The van der Waals surface area contributed by atoms with E-state index < -0.39 is 0 Å². The fourth-order valence-electron chi connectivity index (χ4n) is 2.70. The number of halogens is 2. The number of para-hydroxylation sites is 1. The number of rotatable bonds is 4. The van der Waals surface area contributed by atoms with E-state index in [0.717, 1.165) is 16.9 Å². The second kappa shape index (κ2) is 5.86. The van der Waals surface area contributed by atoms with Gasteiger partial charge in [0.25, 0.3) is 0 Å². The lowest BCUT2D eigenvalue weighted by Gasteiger charge is -2.18. The third-order valence-corrected chi connectivity index (χ3v) is 3.92. The third kappa shape index (κ3) is 2.54. The average Bonchev–Trinajstić information content (AvgIpc) is 2.87. The normalized spacial score (nSPS) is 12.7. The Labute approximate surface area is 128 Å². The van der Waals surface area contributed by atoms with Crippen molar-refractivity contribution in [3.8, 4) is 0 Å². The van der Waals surface area contributed by atoms with Gasteiger partial charge in [-0.15, -0.1) is 11.6 Å². The molecule has 0 radical (unpaired) electrons. The lowest BCUT2D eigenvalue weighted by molar-refractivity contribution is 0.624. The van der Waals surface area contributed by atoms with Gasteiger partial charge in [0.1, 0.15) is 11.3 Å². The van der Waals surface area contributed by atoms with E-state index in [1.165, 1.54) is 6.07 Å².